The molecule has 0 aromatic heterocycles. The second-order valence-corrected chi connectivity index (χ2v) is 6.19. The van der Waals surface area contributed by atoms with Crippen LogP contribution in [0.1, 0.15) is 25.8 Å². The minimum atomic E-state index is 0.472. The molecule has 1 aliphatic rings. The highest BCUT2D eigenvalue weighted by Gasteiger charge is 2.26. The number of likely N-dealkylation sites (N-methyl/N-ethyl adjacent to an activating group) is 1. The average Bonchev–Trinajstić information content (AvgIpc) is 2.86. The highest BCUT2D eigenvalue weighted by molar-refractivity contribution is 6.38. The van der Waals surface area contributed by atoms with E-state index < -0.39 is 0 Å². The van der Waals surface area contributed by atoms with E-state index in [4.69, 9.17) is 28.9 Å². The molecule has 20 heavy (non-hydrogen) atoms. The Labute approximate surface area is 131 Å². The summed E-state index contributed by atoms with van der Waals surface area (Å²) in [4.78, 5) is 4.99. The summed E-state index contributed by atoms with van der Waals surface area (Å²) >= 11 is 12.2. The number of benzene rings is 1. The van der Waals surface area contributed by atoms with E-state index in [0.29, 0.717) is 21.8 Å². The van der Waals surface area contributed by atoms with Crippen molar-refractivity contribution in [2.75, 3.05) is 31.9 Å². The third-order valence-corrected chi connectivity index (χ3v) is 4.75. The fourth-order valence-electron chi connectivity index (χ4n) is 2.98. The Morgan fingerprint density at radius 1 is 1.25 bits per heavy atom. The molecule has 1 atom stereocenters. The third kappa shape index (κ3) is 3.59. The summed E-state index contributed by atoms with van der Waals surface area (Å²) in [5.41, 5.74) is 7.38. The van der Waals surface area contributed by atoms with Crippen LogP contribution in [0.4, 0.5) is 5.69 Å². The van der Waals surface area contributed by atoms with Crippen LogP contribution in [0, 0.1) is 0 Å². The first-order valence-electron chi connectivity index (χ1n) is 7.24. The second-order valence-electron chi connectivity index (χ2n) is 5.37. The van der Waals surface area contributed by atoms with E-state index in [9.17, 15) is 0 Å². The largest absolute Gasteiger partial charge is 0.396 e. The van der Waals surface area contributed by atoms with E-state index in [1.807, 2.05) is 12.1 Å². The van der Waals surface area contributed by atoms with Gasteiger partial charge in [0.05, 0.1) is 15.7 Å². The lowest BCUT2D eigenvalue weighted by molar-refractivity contribution is 0.209. The molecular weight excluding hydrogens is 293 g/mol. The maximum absolute atomic E-state index is 6.09. The van der Waals surface area contributed by atoms with Crippen LogP contribution in [0.3, 0.4) is 0 Å². The number of hydrogen-bond donors (Lipinski definition) is 1. The molecule has 1 unspecified atom stereocenters. The molecule has 1 aromatic carbocycles. The molecule has 112 valence electrons. The molecule has 1 aliphatic heterocycles. The van der Waals surface area contributed by atoms with E-state index in [-0.39, 0.29) is 0 Å². The molecule has 3 nitrogen and oxygen atoms in total. The van der Waals surface area contributed by atoms with Gasteiger partial charge in [-0.1, -0.05) is 37.0 Å². The molecule has 2 N–H and O–H groups in total. The van der Waals surface area contributed by atoms with Gasteiger partial charge in [-0.15, -0.1) is 0 Å². The van der Waals surface area contributed by atoms with Crippen LogP contribution in [0.2, 0.25) is 10.0 Å². The lowest BCUT2D eigenvalue weighted by atomic mass is 10.2. The molecule has 1 fully saturated rings. The summed E-state index contributed by atoms with van der Waals surface area (Å²) in [6.45, 7) is 9.82. The molecule has 2 rings (SSSR count). The van der Waals surface area contributed by atoms with Crippen molar-refractivity contribution in [3.05, 3.63) is 27.7 Å². The number of halogens is 2. The first-order valence-corrected chi connectivity index (χ1v) is 8.00. The lowest BCUT2D eigenvalue weighted by Gasteiger charge is -2.26. The van der Waals surface area contributed by atoms with Crippen molar-refractivity contribution in [2.45, 2.75) is 32.9 Å². The van der Waals surface area contributed by atoms with E-state index in [1.165, 1.54) is 6.42 Å². The molecule has 1 saturated heterocycles. The maximum atomic E-state index is 6.09. The molecule has 0 aliphatic carbocycles. The summed E-state index contributed by atoms with van der Waals surface area (Å²) in [5, 5.41) is 1.10. The molecule has 0 spiro atoms. The Bertz CT molecular complexity index is 437. The molecule has 0 radical (unpaired) electrons. The predicted molar refractivity (Wildman–Crippen MR) is 87.5 cm³/mol. The average molecular weight is 316 g/mol. The van der Waals surface area contributed by atoms with Gasteiger partial charge >= 0.3 is 0 Å². The van der Waals surface area contributed by atoms with Crippen LogP contribution in [-0.4, -0.2) is 42.0 Å². The summed E-state index contributed by atoms with van der Waals surface area (Å²) < 4.78 is 0. The Morgan fingerprint density at radius 3 is 2.40 bits per heavy atom. The van der Waals surface area contributed by atoms with Crippen LogP contribution in [0.25, 0.3) is 0 Å². The quantitative estimate of drug-likeness (QED) is 0.844. The van der Waals surface area contributed by atoms with Crippen molar-refractivity contribution in [2.24, 2.45) is 0 Å². The molecular formula is C15H23Cl2N3. The normalized spacial score (nSPS) is 19.9. The van der Waals surface area contributed by atoms with Gasteiger partial charge in [-0.3, -0.25) is 9.80 Å². The number of rotatable bonds is 5. The molecule has 0 amide bonds. The van der Waals surface area contributed by atoms with Gasteiger partial charge in [-0.05, 0) is 37.2 Å². The minimum absolute atomic E-state index is 0.472. The van der Waals surface area contributed by atoms with Gasteiger partial charge in [0.15, 0.2) is 0 Å². The predicted octanol–water partition coefficient (Wildman–Crippen LogP) is 3.49. The minimum Gasteiger partial charge on any atom is -0.396 e. The number of nitrogens with two attached hydrogens (primary N) is 1. The van der Waals surface area contributed by atoms with E-state index >= 15 is 0 Å². The fraction of sp³-hybridized carbons (Fsp3) is 0.600. The molecule has 5 heteroatoms. The van der Waals surface area contributed by atoms with Crippen LogP contribution in [-0.2, 0) is 6.54 Å². The zero-order valence-corrected chi connectivity index (χ0v) is 13.7. The number of nitrogen functional groups attached to an aromatic ring is 1. The van der Waals surface area contributed by atoms with Gasteiger partial charge in [0.25, 0.3) is 0 Å². The van der Waals surface area contributed by atoms with Crippen molar-refractivity contribution >= 4 is 28.9 Å². The molecule has 1 heterocycles. The van der Waals surface area contributed by atoms with Crippen LogP contribution in [0.15, 0.2) is 12.1 Å². The fourth-order valence-corrected chi connectivity index (χ4v) is 3.51. The second kappa shape index (κ2) is 6.99. The monoisotopic (exact) mass is 315 g/mol. The van der Waals surface area contributed by atoms with Crippen molar-refractivity contribution in [1.82, 2.24) is 9.80 Å². The van der Waals surface area contributed by atoms with Gasteiger partial charge in [-0.25, -0.2) is 0 Å². The Morgan fingerprint density at radius 2 is 1.85 bits per heavy atom. The Hall–Kier alpha value is -0.480. The zero-order valence-electron chi connectivity index (χ0n) is 12.2. The van der Waals surface area contributed by atoms with Gasteiger partial charge in [0.1, 0.15) is 0 Å². The first-order chi connectivity index (χ1) is 9.55. The van der Waals surface area contributed by atoms with E-state index in [0.717, 1.165) is 38.3 Å². The number of nitrogens with zero attached hydrogens (tertiary/aromatic N) is 2. The first kappa shape index (κ1) is 15.9. The zero-order chi connectivity index (χ0) is 14.7. The van der Waals surface area contributed by atoms with Gasteiger partial charge < -0.3 is 5.73 Å². The van der Waals surface area contributed by atoms with Gasteiger partial charge in [-0.2, -0.15) is 0 Å². The molecule has 0 bridgehead atoms. The molecule has 1 aromatic rings. The lowest BCUT2D eigenvalue weighted by Crippen LogP contribution is -2.37. The van der Waals surface area contributed by atoms with Crippen LogP contribution >= 0.6 is 23.2 Å². The van der Waals surface area contributed by atoms with Crippen molar-refractivity contribution in [1.29, 1.82) is 0 Å². The molecule has 0 saturated carbocycles. The van der Waals surface area contributed by atoms with Crippen LogP contribution in [0.5, 0.6) is 0 Å². The smallest absolute Gasteiger partial charge is 0.0693 e. The number of anilines is 1. The van der Waals surface area contributed by atoms with Crippen molar-refractivity contribution in [3.8, 4) is 0 Å². The highest BCUT2D eigenvalue weighted by atomic mass is 35.5. The summed E-state index contributed by atoms with van der Waals surface area (Å²) in [5.74, 6) is 0. The van der Waals surface area contributed by atoms with E-state index in [2.05, 4.69) is 23.6 Å². The third-order valence-electron chi connectivity index (χ3n) is 4.12. The number of hydrogen-bond acceptors (Lipinski definition) is 3. The standard InChI is InChI=1S/C15H23Cl2N3/c1-3-20(4-2)12-5-6-19(10-12)9-11-7-13(16)15(18)14(17)8-11/h7-8,12H,3-6,9-10,18H2,1-2H3. The van der Waals surface area contributed by atoms with E-state index in [1.54, 1.807) is 0 Å². The topological polar surface area (TPSA) is 32.5 Å². The van der Waals surface area contributed by atoms with Crippen LogP contribution < -0.4 is 5.73 Å². The van der Waals surface area contributed by atoms with Gasteiger partial charge in [0, 0.05) is 25.7 Å². The summed E-state index contributed by atoms with van der Waals surface area (Å²) in [6.07, 6.45) is 1.23. The van der Waals surface area contributed by atoms with Crippen molar-refractivity contribution in [3.63, 3.8) is 0 Å². The Kier molecular flexibility index (Phi) is 5.56. The number of likely N-dealkylation sites (tertiary alicyclic amines) is 1. The highest BCUT2D eigenvalue weighted by Crippen LogP contribution is 2.30. The SMILES string of the molecule is CCN(CC)C1CCN(Cc2cc(Cl)c(N)c(Cl)c2)C1. The maximum Gasteiger partial charge on any atom is 0.0693 e. The van der Waals surface area contributed by atoms with Crippen molar-refractivity contribution < 1.29 is 0 Å². The summed E-state index contributed by atoms with van der Waals surface area (Å²) in [7, 11) is 0. The Balaban J connectivity index is 1.99. The summed E-state index contributed by atoms with van der Waals surface area (Å²) in [6, 6.07) is 4.52. The van der Waals surface area contributed by atoms with Gasteiger partial charge in [0.2, 0.25) is 0 Å².